The van der Waals surface area contributed by atoms with E-state index in [0.29, 0.717) is 23.8 Å². The molecule has 1 saturated heterocycles. The van der Waals surface area contributed by atoms with E-state index in [9.17, 15) is 0 Å². The third-order valence-electron chi connectivity index (χ3n) is 3.09. The minimum Gasteiger partial charge on any atom is -0.489 e. The molecule has 1 aromatic rings. The highest BCUT2D eigenvalue weighted by Crippen LogP contribution is 2.32. The Hall–Kier alpha value is -1.42. The maximum atomic E-state index is 6.06. The van der Waals surface area contributed by atoms with Crippen LogP contribution in [0.5, 0.6) is 11.5 Å². The number of hydrogen-bond acceptors (Lipinski definition) is 4. The van der Waals surface area contributed by atoms with E-state index in [4.69, 9.17) is 19.9 Å². The van der Waals surface area contributed by atoms with Crippen molar-refractivity contribution in [1.29, 1.82) is 0 Å². The van der Waals surface area contributed by atoms with E-state index in [0.717, 1.165) is 19.4 Å². The predicted octanol–water partition coefficient (Wildman–Crippen LogP) is 3.00. The van der Waals surface area contributed by atoms with Crippen LogP contribution in [0.3, 0.4) is 0 Å². The molecule has 0 aromatic heterocycles. The third-order valence-corrected chi connectivity index (χ3v) is 3.09. The first-order valence-corrected chi connectivity index (χ1v) is 6.96. The zero-order valence-corrected chi connectivity index (χ0v) is 11.7. The number of rotatable bonds is 5. The first kappa shape index (κ1) is 14.0. The van der Waals surface area contributed by atoms with Gasteiger partial charge in [-0.1, -0.05) is 6.07 Å². The zero-order chi connectivity index (χ0) is 13.7. The number of nitrogen functional groups attached to an aromatic ring is 1. The molecule has 106 valence electrons. The van der Waals surface area contributed by atoms with E-state index < -0.39 is 0 Å². The summed E-state index contributed by atoms with van der Waals surface area (Å²) in [6.45, 7) is 5.33. The fraction of sp³-hybridized carbons (Fsp3) is 0.600. The fourth-order valence-corrected chi connectivity index (χ4v) is 2.13. The van der Waals surface area contributed by atoms with Gasteiger partial charge in [0.25, 0.3) is 0 Å². The van der Waals surface area contributed by atoms with Gasteiger partial charge in [-0.25, -0.2) is 0 Å². The molecule has 1 aromatic carbocycles. The minimum atomic E-state index is 0.0965. The first-order chi connectivity index (χ1) is 9.16. The molecule has 4 nitrogen and oxygen atoms in total. The molecule has 1 aliphatic heterocycles. The van der Waals surface area contributed by atoms with Crippen LogP contribution in [0, 0.1) is 0 Å². The molecule has 0 bridgehead atoms. The molecule has 1 atom stereocenters. The third kappa shape index (κ3) is 4.03. The highest BCUT2D eigenvalue weighted by Gasteiger charge is 2.16. The van der Waals surface area contributed by atoms with Gasteiger partial charge in [-0.3, -0.25) is 0 Å². The van der Waals surface area contributed by atoms with Crippen LogP contribution in [0.25, 0.3) is 0 Å². The van der Waals surface area contributed by atoms with E-state index in [1.807, 2.05) is 32.0 Å². The summed E-state index contributed by atoms with van der Waals surface area (Å²) in [6.07, 6.45) is 3.69. The SMILES string of the molecule is CC(C)Oc1cccc(OCC2CCCCO2)c1N. The lowest BCUT2D eigenvalue weighted by Crippen LogP contribution is -2.26. The molecular weight excluding hydrogens is 242 g/mol. The second-order valence-corrected chi connectivity index (χ2v) is 5.13. The Kier molecular flexibility index (Phi) is 4.91. The number of nitrogens with two attached hydrogens (primary N) is 1. The maximum Gasteiger partial charge on any atom is 0.146 e. The van der Waals surface area contributed by atoms with Gasteiger partial charge >= 0.3 is 0 Å². The first-order valence-electron chi connectivity index (χ1n) is 6.96. The lowest BCUT2D eigenvalue weighted by atomic mass is 10.1. The number of benzene rings is 1. The number of anilines is 1. The van der Waals surface area contributed by atoms with Gasteiger partial charge in [-0.05, 0) is 45.2 Å². The summed E-state index contributed by atoms with van der Waals surface area (Å²) in [5, 5.41) is 0. The van der Waals surface area contributed by atoms with Gasteiger partial charge in [0.1, 0.15) is 23.8 Å². The number of ether oxygens (including phenoxy) is 3. The topological polar surface area (TPSA) is 53.7 Å². The smallest absolute Gasteiger partial charge is 0.146 e. The number of para-hydroxylation sites is 1. The summed E-state index contributed by atoms with van der Waals surface area (Å²) in [4.78, 5) is 0. The van der Waals surface area contributed by atoms with Crippen LogP contribution < -0.4 is 15.2 Å². The summed E-state index contributed by atoms with van der Waals surface area (Å²) in [7, 11) is 0. The highest BCUT2D eigenvalue weighted by atomic mass is 16.5. The van der Waals surface area contributed by atoms with Crippen molar-refractivity contribution in [3.05, 3.63) is 18.2 Å². The van der Waals surface area contributed by atoms with Crippen molar-refractivity contribution < 1.29 is 14.2 Å². The summed E-state index contributed by atoms with van der Waals surface area (Å²) >= 11 is 0. The van der Waals surface area contributed by atoms with Gasteiger partial charge < -0.3 is 19.9 Å². The van der Waals surface area contributed by atoms with Gasteiger partial charge in [-0.2, -0.15) is 0 Å². The number of hydrogen-bond donors (Lipinski definition) is 1. The van der Waals surface area contributed by atoms with Crippen LogP contribution in [-0.4, -0.2) is 25.4 Å². The molecule has 0 aliphatic carbocycles. The van der Waals surface area contributed by atoms with Crippen LogP contribution >= 0.6 is 0 Å². The Morgan fingerprint density at radius 2 is 2.11 bits per heavy atom. The summed E-state index contributed by atoms with van der Waals surface area (Å²) in [6, 6.07) is 5.62. The van der Waals surface area contributed by atoms with Crippen LogP contribution in [0.2, 0.25) is 0 Å². The normalized spacial score (nSPS) is 19.4. The average molecular weight is 265 g/mol. The molecule has 2 rings (SSSR count). The largest absolute Gasteiger partial charge is 0.489 e. The fourth-order valence-electron chi connectivity index (χ4n) is 2.13. The molecule has 0 amide bonds. The van der Waals surface area contributed by atoms with E-state index >= 15 is 0 Å². The standard InChI is InChI=1S/C15H23NO3/c1-11(2)19-14-8-5-7-13(15(14)16)18-10-12-6-3-4-9-17-12/h5,7-8,11-12H,3-4,6,9-10,16H2,1-2H3. The molecule has 4 heteroatoms. The van der Waals surface area contributed by atoms with Crippen molar-refractivity contribution >= 4 is 5.69 Å². The quantitative estimate of drug-likeness (QED) is 0.831. The Balaban J connectivity index is 1.95. The van der Waals surface area contributed by atoms with Gasteiger partial charge in [0, 0.05) is 6.61 Å². The van der Waals surface area contributed by atoms with E-state index in [-0.39, 0.29) is 12.2 Å². The Bertz CT molecular complexity index is 400. The molecule has 1 heterocycles. The second-order valence-electron chi connectivity index (χ2n) is 5.13. The lowest BCUT2D eigenvalue weighted by Gasteiger charge is -2.23. The molecule has 1 fully saturated rings. The van der Waals surface area contributed by atoms with Gasteiger partial charge in [0.05, 0.1) is 12.2 Å². The van der Waals surface area contributed by atoms with Crippen LogP contribution in [0.4, 0.5) is 5.69 Å². The Morgan fingerprint density at radius 3 is 2.79 bits per heavy atom. The Labute approximate surface area is 114 Å². The zero-order valence-electron chi connectivity index (χ0n) is 11.7. The van der Waals surface area contributed by atoms with Crippen molar-refractivity contribution in [3.8, 4) is 11.5 Å². The Morgan fingerprint density at radius 1 is 1.32 bits per heavy atom. The van der Waals surface area contributed by atoms with E-state index in [1.165, 1.54) is 6.42 Å². The molecule has 0 spiro atoms. The molecule has 1 aliphatic rings. The monoisotopic (exact) mass is 265 g/mol. The minimum absolute atomic E-state index is 0.0965. The summed E-state index contributed by atoms with van der Waals surface area (Å²) < 4.78 is 17.0. The molecule has 0 radical (unpaired) electrons. The van der Waals surface area contributed by atoms with Crippen molar-refractivity contribution in [2.75, 3.05) is 18.9 Å². The van der Waals surface area contributed by atoms with E-state index in [2.05, 4.69) is 0 Å². The van der Waals surface area contributed by atoms with Crippen molar-refractivity contribution in [1.82, 2.24) is 0 Å². The molecule has 0 saturated carbocycles. The second kappa shape index (κ2) is 6.66. The lowest BCUT2D eigenvalue weighted by molar-refractivity contribution is -0.0109. The molecule has 2 N–H and O–H groups in total. The van der Waals surface area contributed by atoms with Crippen molar-refractivity contribution in [2.45, 2.75) is 45.3 Å². The van der Waals surface area contributed by atoms with Crippen LogP contribution in [0.15, 0.2) is 18.2 Å². The van der Waals surface area contributed by atoms with Gasteiger partial charge in [0.15, 0.2) is 0 Å². The maximum absolute atomic E-state index is 6.06. The summed E-state index contributed by atoms with van der Waals surface area (Å²) in [5.74, 6) is 1.35. The van der Waals surface area contributed by atoms with Crippen LogP contribution in [0.1, 0.15) is 33.1 Å². The van der Waals surface area contributed by atoms with Gasteiger partial charge in [-0.15, -0.1) is 0 Å². The molecule has 1 unspecified atom stereocenters. The molecule has 19 heavy (non-hydrogen) atoms. The molecular formula is C15H23NO3. The van der Waals surface area contributed by atoms with Gasteiger partial charge in [0.2, 0.25) is 0 Å². The predicted molar refractivity (Wildman–Crippen MR) is 75.7 cm³/mol. The highest BCUT2D eigenvalue weighted by molar-refractivity contribution is 5.62. The summed E-state index contributed by atoms with van der Waals surface area (Å²) in [5.41, 5.74) is 6.62. The average Bonchev–Trinajstić information content (AvgIpc) is 2.40. The van der Waals surface area contributed by atoms with Crippen LogP contribution in [-0.2, 0) is 4.74 Å². The van der Waals surface area contributed by atoms with Crippen molar-refractivity contribution in [2.24, 2.45) is 0 Å². The van der Waals surface area contributed by atoms with E-state index in [1.54, 1.807) is 0 Å². The van der Waals surface area contributed by atoms with Crippen molar-refractivity contribution in [3.63, 3.8) is 0 Å².